The van der Waals surface area contributed by atoms with Gasteiger partial charge in [-0.3, -0.25) is 4.79 Å². The Balaban J connectivity index is 1.57. The third-order valence-electron chi connectivity index (χ3n) is 5.40. The average Bonchev–Trinajstić information content (AvgIpc) is 2.73. The SMILES string of the molecule is CC1CCN([C@H]2CCC(=O)N(Cc3ccc(F)cc3)CC2)CC1. The Morgan fingerprint density at radius 3 is 2.43 bits per heavy atom. The van der Waals surface area contributed by atoms with Crippen LogP contribution in [0.4, 0.5) is 4.39 Å². The van der Waals surface area contributed by atoms with Gasteiger partial charge in [-0.25, -0.2) is 4.39 Å². The molecule has 2 aliphatic heterocycles. The van der Waals surface area contributed by atoms with Crippen molar-refractivity contribution in [3.8, 4) is 0 Å². The summed E-state index contributed by atoms with van der Waals surface area (Å²) in [5, 5.41) is 0. The second kappa shape index (κ2) is 7.43. The fourth-order valence-corrected chi connectivity index (χ4v) is 3.76. The number of halogens is 1. The van der Waals surface area contributed by atoms with Gasteiger partial charge in [-0.2, -0.15) is 0 Å². The summed E-state index contributed by atoms with van der Waals surface area (Å²) in [6, 6.07) is 7.03. The van der Waals surface area contributed by atoms with Gasteiger partial charge in [0.2, 0.25) is 5.91 Å². The van der Waals surface area contributed by atoms with Crippen LogP contribution in [-0.4, -0.2) is 41.4 Å². The summed E-state index contributed by atoms with van der Waals surface area (Å²) in [5.74, 6) is 0.853. The number of carbonyl (C=O) groups is 1. The van der Waals surface area contributed by atoms with Gasteiger partial charge in [0.05, 0.1) is 0 Å². The van der Waals surface area contributed by atoms with E-state index in [2.05, 4.69) is 11.8 Å². The summed E-state index contributed by atoms with van der Waals surface area (Å²) in [5.41, 5.74) is 1.00. The van der Waals surface area contributed by atoms with E-state index in [-0.39, 0.29) is 11.7 Å². The first-order valence-corrected chi connectivity index (χ1v) is 8.88. The van der Waals surface area contributed by atoms with Gasteiger partial charge < -0.3 is 9.80 Å². The summed E-state index contributed by atoms with van der Waals surface area (Å²) >= 11 is 0. The van der Waals surface area contributed by atoms with Crippen LogP contribution in [-0.2, 0) is 11.3 Å². The first kappa shape index (κ1) is 16.4. The Labute approximate surface area is 138 Å². The lowest BCUT2D eigenvalue weighted by atomic mass is 9.96. The van der Waals surface area contributed by atoms with Gasteiger partial charge in [0, 0.05) is 25.6 Å². The van der Waals surface area contributed by atoms with E-state index >= 15 is 0 Å². The van der Waals surface area contributed by atoms with E-state index in [4.69, 9.17) is 0 Å². The molecule has 0 aromatic heterocycles. The highest BCUT2D eigenvalue weighted by Gasteiger charge is 2.28. The van der Waals surface area contributed by atoms with Gasteiger partial charge in [0.25, 0.3) is 0 Å². The Hall–Kier alpha value is -1.42. The van der Waals surface area contributed by atoms with Crippen LogP contribution >= 0.6 is 0 Å². The monoisotopic (exact) mass is 318 g/mol. The van der Waals surface area contributed by atoms with Crippen LogP contribution in [0.25, 0.3) is 0 Å². The molecule has 1 amide bonds. The molecule has 4 heteroatoms. The standard InChI is InChI=1S/C19H27FN2O/c1-15-8-11-21(12-9-15)18-6-7-19(23)22(13-10-18)14-16-2-4-17(20)5-3-16/h2-5,15,18H,6-14H2,1H3/t18-/m0/s1. The summed E-state index contributed by atoms with van der Waals surface area (Å²) in [6.07, 6.45) is 5.24. The van der Waals surface area contributed by atoms with E-state index < -0.39 is 0 Å². The number of likely N-dealkylation sites (tertiary alicyclic amines) is 2. The molecular weight excluding hydrogens is 291 g/mol. The first-order chi connectivity index (χ1) is 11.1. The van der Waals surface area contributed by atoms with Gasteiger partial charge in [0.1, 0.15) is 5.82 Å². The second-order valence-electron chi connectivity index (χ2n) is 7.14. The minimum atomic E-state index is -0.227. The van der Waals surface area contributed by atoms with Crippen molar-refractivity contribution in [3.05, 3.63) is 35.6 Å². The molecule has 0 aliphatic carbocycles. The molecule has 1 aromatic rings. The number of carbonyl (C=O) groups excluding carboxylic acids is 1. The van der Waals surface area contributed by atoms with Crippen LogP contribution < -0.4 is 0 Å². The molecule has 0 radical (unpaired) electrons. The number of nitrogens with zero attached hydrogens (tertiary/aromatic N) is 2. The van der Waals surface area contributed by atoms with Crippen molar-refractivity contribution in [2.45, 2.75) is 51.6 Å². The third-order valence-corrected chi connectivity index (χ3v) is 5.40. The fraction of sp³-hybridized carbons (Fsp3) is 0.632. The lowest BCUT2D eigenvalue weighted by Gasteiger charge is -2.36. The number of hydrogen-bond donors (Lipinski definition) is 0. The van der Waals surface area contributed by atoms with E-state index in [9.17, 15) is 9.18 Å². The lowest BCUT2D eigenvalue weighted by molar-refractivity contribution is -0.131. The Morgan fingerprint density at radius 2 is 1.74 bits per heavy atom. The molecule has 1 atom stereocenters. The molecule has 0 N–H and O–H groups in total. The van der Waals surface area contributed by atoms with Crippen molar-refractivity contribution < 1.29 is 9.18 Å². The molecule has 1 aromatic carbocycles. The molecule has 126 valence electrons. The van der Waals surface area contributed by atoms with Gasteiger partial charge >= 0.3 is 0 Å². The Morgan fingerprint density at radius 1 is 1.04 bits per heavy atom. The van der Waals surface area contributed by atoms with Crippen LogP contribution in [0.2, 0.25) is 0 Å². The van der Waals surface area contributed by atoms with Crippen LogP contribution in [0.15, 0.2) is 24.3 Å². The normalized spacial score (nSPS) is 24.7. The number of hydrogen-bond acceptors (Lipinski definition) is 2. The average molecular weight is 318 g/mol. The molecule has 0 spiro atoms. The largest absolute Gasteiger partial charge is 0.338 e. The topological polar surface area (TPSA) is 23.6 Å². The van der Waals surface area contributed by atoms with Gasteiger partial charge in [0.15, 0.2) is 0 Å². The zero-order chi connectivity index (χ0) is 16.2. The van der Waals surface area contributed by atoms with Gasteiger partial charge in [-0.15, -0.1) is 0 Å². The molecule has 0 saturated carbocycles. The molecule has 2 fully saturated rings. The van der Waals surface area contributed by atoms with Crippen molar-refractivity contribution in [2.24, 2.45) is 5.92 Å². The predicted octanol–water partition coefficient (Wildman–Crippen LogP) is 3.44. The van der Waals surface area contributed by atoms with E-state index in [1.165, 1.54) is 38.1 Å². The minimum Gasteiger partial charge on any atom is -0.338 e. The van der Waals surface area contributed by atoms with Crippen molar-refractivity contribution in [3.63, 3.8) is 0 Å². The smallest absolute Gasteiger partial charge is 0.222 e. The predicted molar refractivity (Wildman–Crippen MR) is 89.4 cm³/mol. The zero-order valence-electron chi connectivity index (χ0n) is 14.0. The van der Waals surface area contributed by atoms with Gasteiger partial charge in [-0.05, 0) is 62.4 Å². The highest BCUT2D eigenvalue weighted by Crippen LogP contribution is 2.24. The molecule has 2 heterocycles. The van der Waals surface area contributed by atoms with Crippen molar-refractivity contribution in [2.75, 3.05) is 19.6 Å². The lowest BCUT2D eigenvalue weighted by Crippen LogP contribution is -2.41. The molecule has 2 saturated heterocycles. The molecular formula is C19H27FN2O. The number of benzene rings is 1. The zero-order valence-corrected chi connectivity index (χ0v) is 14.0. The summed E-state index contributed by atoms with van der Waals surface area (Å²) in [6.45, 7) is 6.10. The molecule has 0 bridgehead atoms. The maximum atomic E-state index is 13.0. The van der Waals surface area contributed by atoms with Crippen LogP contribution in [0.3, 0.4) is 0 Å². The first-order valence-electron chi connectivity index (χ1n) is 8.88. The van der Waals surface area contributed by atoms with Gasteiger partial charge in [-0.1, -0.05) is 19.1 Å². The number of piperidine rings is 1. The summed E-state index contributed by atoms with van der Waals surface area (Å²) in [4.78, 5) is 16.9. The van der Waals surface area contributed by atoms with Crippen LogP contribution in [0, 0.1) is 11.7 Å². The maximum absolute atomic E-state index is 13.0. The molecule has 3 nitrogen and oxygen atoms in total. The van der Waals surface area contributed by atoms with E-state index in [1.54, 1.807) is 12.1 Å². The summed E-state index contributed by atoms with van der Waals surface area (Å²) < 4.78 is 13.0. The van der Waals surface area contributed by atoms with Crippen molar-refractivity contribution in [1.29, 1.82) is 0 Å². The van der Waals surface area contributed by atoms with Crippen LogP contribution in [0.5, 0.6) is 0 Å². The maximum Gasteiger partial charge on any atom is 0.222 e. The summed E-state index contributed by atoms with van der Waals surface area (Å²) in [7, 11) is 0. The van der Waals surface area contributed by atoms with Crippen molar-refractivity contribution in [1.82, 2.24) is 9.80 Å². The van der Waals surface area contributed by atoms with Crippen LogP contribution in [0.1, 0.15) is 44.6 Å². The van der Waals surface area contributed by atoms with Crippen molar-refractivity contribution >= 4 is 5.91 Å². The Bertz CT molecular complexity index is 523. The van der Waals surface area contributed by atoms with E-state index in [1.807, 2.05) is 4.90 Å². The molecule has 3 rings (SSSR count). The fourth-order valence-electron chi connectivity index (χ4n) is 3.76. The second-order valence-corrected chi connectivity index (χ2v) is 7.14. The van der Waals surface area contributed by atoms with E-state index in [0.717, 1.165) is 30.9 Å². The van der Waals surface area contributed by atoms with E-state index in [0.29, 0.717) is 19.0 Å². The molecule has 0 unspecified atom stereocenters. The Kier molecular flexibility index (Phi) is 5.31. The highest BCUT2D eigenvalue weighted by molar-refractivity contribution is 5.76. The quantitative estimate of drug-likeness (QED) is 0.852. The molecule has 23 heavy (non-hydrogen) atoms. The number of rotatable bonds is 3. The molecule has 2 aliphatic rings. The number of amides is 1. The third kappa shape index (κ3) is 4.31. The highest BCUT2D eigenvalue weighted by atomic mass is 19.1. The minimum absolute atomic E-state index is 0.227.